The van der Waals surface area contributed by atoms with Crippen LogP contribution in [0.1, 0.15) is 44.0 Å². The van der Waals surface area contributed by atoms with Crippen LogP contribution >= 0.6 is 0 Å². The molecule has 2 aromatic heterocycles. The number of hydrogen-bond donors (Lipinski definition) is 1. The van der Waals surface area contributed by atoms with Gasteiger partial charge in [0.1, 0.15) is 0 Å². The molecule has 9 heteroatoms. The normalized spacial score (nSPS) is 17.8. The van der Waals surface area contributed by atoms with Gasteiger partial charge in [0.25, 0.3) is 10.0 Å². The van der Waals surface area contributed by atoms with Crippen LogP contribution in [0.15, 0.2) is 23.6 Å². The lowest BCUT2D eigenvalue weighted by atomic mass is 9.96. The predicted octanol–water partition coefficient (Wildman–Crippen LogP) is 1.55. The highest BCUT2D eigenvalue weighted by atomic mass is 32.2. The van der Waals surface area contributed by atoms with E-state index in [1.807, 2.05) is 13.8 Å². The number of sulfonamides is 1. The van der Waals surface area contributed by atoms with Gasteiger partial charge in [-0.05, 0) is 51.2 Å². The summed E-state index contributed by atoms with van der Waals surface area (Å²) in [5, 5.41) is 8.80. The molecule has 1 saturated heterocycles. The minimum atomic E-state index is -3.57. The van der Waals surface area contributed by atoms with Crippen LogP contribution in [0.4, 0.5) is 5.82 Å². The molecule has 2 aromatic rings. The molecule has 1 aliphatic carbocycles. The third-order valence-corrected chi connectivity index (χ3v) is 6.66. The van der Waals surface area contributed by atoms with E-state index in [9.17, 15) is 8.42 Å². The second-order valence-electron chi connectivity index (χ2n) is 7.76. The van der Waals surface area contributed by atoms with E-state index < -0.39 is 10.0 Å². The molecule has 1 aliphatic heterocycles. The molecule has 3 heterocycles. The van der Waals surface area contributed by atoms with E-state index in [0.717, 1.165) is 37.4 Å². The number of aryl methyl sites for hydroxylation is 2. The summed E-state index contributed by atoms with van der Waals surface area (Å²) in [4.78, 5) is 6.18. The van der Waals surface area contributed by atoms with Crippen LogP contribution in [-0.2, 0) is 22.9 Å². The SMILES string of the molecule is CC(C)n1cnc(S(=O)(=O)NCC2CN(c3cc4c(nn3)CCCC4)C2)c1. The van der Waals surface area contributed by atoms with Crippen molar-refractivity contribution >= 4 is 15.8 Å². The first-order chi connectivity index (χ1) is 12.9. The van der Waals surface area contributed by atoms with Gasteiger partial charge in [0, 0.05) is 37.8 Å². The van der Waals surface area contributed by atoms with Crippen LogP contribution in [0.25, 0.3) is 0 Å². The standard InChI is InChI=1S/C18H26N6O2S/c1-13(2)24-11-18(19-12-24)27(25,26)20-8-14-9-23(10-14)17-7-15-5-3-4-6-16(15)21-22-17/h7,11-14,20H,3-6,8-10H2,1-2H3. The van der Waals surface area contributed by atoms with Crippen LogP contribution in [-0.4, -0.2) is 47.8 Å². The maximum absolute atomic E-state index is 12.4. The van der Waals surface area contributed by atoms with E-state index in [2.05, 4.69) is 30.9 Å². The molecule has 0 radical (unpaired) electrons. The van der Waals surface area contributed by atoms with E-state index in [-0.39, 0.29) is 17.0 Å². The van der Waals surface area contributed by atoms with Gasteiger partial charge in [-0.15, -0.1) is 5.10 Å². The van der Waals surface area contributed by atoms with Crippen LogP contribution in [0, 0.1) is 5.92 Å². The van der Waals surface area contributed by atoms with Crippen LogP contribution < -0.4 is 9.62 Å². The zero-order valence-electron chi connectivity index (χ0n) is 15.8. The fourth-order valence-electron chi connectivity index (χ4n) is 3.56. The summed E-state index contributed by atoms with van der Waals surface area (Å²) in [7, 11) is -3.57. The summed E-state index contributed by atoms with van der Waals surface area (Å²) in [5.41, 5.74) is 2.45. The number of aromatic nitrogens is 4. The Bertz CT molecular complexity index is 918. The largest absolute Gasteiger partial charge is 0.354 e. The third kappa shape index (κ3) is 3.84. The molecule has 146 valence electrons. The average molecular weight is 391 g/mol. The van der Waals surface area contributed by atoms with Gasteiger partial charge < -0.3 is 9.47 Å². The molecule has 1 N–H and O–H groups in total. The number of anilines is 1. The van der Waals surface area contributed by atoms with Crippen LogP contribution in [0.5, 0.6) is 0 Å². The highest BCUT2D eigenvalue weighted by Gasteiger charge is 2.30. The monoisotopic (exact) mass is 390 g/mol. The van der Waals surface area contributed by atoms with Crippen molar-refractivity contribution in [2.45, 2.75) is 50.6 Å². The third-order valence-electron chi connectivity index (χ3n) is 5.35. The Hall–Kier alpha value is -2.00. The van der Waals surface area contributed by atoms with Crippen molar-refractivity contribution in [2.75, 3.05) is 24.5 Å². The molecule has 0 amide bonds. The maximum atomic E-state index is 12.4. The van der Waals surface area contributed by atoms with Gasteiger partial charge in [-0.25, -0.2) is 18.1 Å². The Morgan fingerprint density at radius 3 is 2.74 bits per heavy atom. The molecule has 0 bridgehead atoms. The Balaban J connectivity index is 1.31. The van der Waals surface area contributed by atoms with Crippen molar-refractivity contribution in [1.29, 1.82) is 0 Å². The first-order valence-corrected chi connectivity index (χ1v) is 11.0. The van der Waals surface area contributed by atoms with E-state index >= 15 is 0 Å². The summed E-state index contributed by atoms with van der Waals surface area (Å²) >= 11 is 0. The molecular formula is C18H26N6O2S. The number of hydrogen-bond acceptors (Lipinski definition) is 6. The second kappa shape index (κ2) is 7.20. The van der Waals surface area contributed by atoms with Gasteiger partial charge in [-0.2, -0.15) is 5.10 Å². The fourth-order valence-corrected chi connectivity index (χ4v) is 4.61. The van der Waals surface area contributed by atoms with Gasteiger partial charge >= 0.3 is 0 Å². The number of rotatable bonds is 6. The van der Waals surface area contributed by atoms with Gasteiger partial charge in [0.05, 0.1) is 12.0 Å². The number of imidazole rings is 1. The number of nitrogens with one attached hydrogen (secondary N) is 1. The quantitative estimate of drug-likeness (QED) is 0.804. The predicted molar refractivity (Wildman–Crippen MR) is 102 cm³/mol. The smallest absolute Gasteiger partial charge is 0.259 e. The van der Waals surface area contributed by atoms with Crippen molar-refractivity contribution in [3.05, 3.63) is 29.8 Å². The van der Waals surface area contributed by atoms with Gasteiger partial charge in [-0.3, -0.25) is 0 Å². The summed E-state index contributed by atoms with van der Waals surface area (Å²) in [5.74, 6) is 1.18. The van der Waals surface area contributed by atoms with Crippen molar-refractivity contribution in [2.24, 2.45) is 5.92 Å². The van der Waals surface area contributed by atoms with Crippen molar-refractivity contribution in [3.8, 4) is 0 Å². The van der Waals surface area contributed by atoms with Gasteiger partial charge in [0.15, 0.2) is 10.8 Å². The van der Waals surface area contributed by atoms with E-state index in [4.69, 9.17) is 0 Å². The lowest BCUT2D eigenvalue weighted by Gasteiger charge is -2.40. The molecule has 0 aromatic carbocycles. The topological polar surface area (TPSA) is 93.0 Å². The minimum Gasteiger partial charge on any atom is -0.354 e. The number of nitrogens with zero attached hydrogens (tertiary/aromatic N) is 5. The van der Waals surface area contributed by atoms with Crippen molar-refractivity contribution in [3.63, 3.8) is 0 Å². The summed E-state index contributed by atoms with van der Waals surface area (Å²) in [6, 6.07) is 2.33. The zero-order chi connectivity index (χ0) is 19.0. The Morgan fingerprint density at radius 1 is 1.22 bits per heavy atom. The molecule has 1 fully saturated rings. The molecule has 4 rings (SSSR count). The summed E-state index contributed by atoms with van der Waals surface area (Å²) in [6.07, 6.45) is 7.65. The fraction of sp³-hybridized carbons (Fsp3) is 0.611. The Morgan fingerprint density at radius 2 is 2.00 bits per heavy atom. The first-order valence-electron chi connectivity index (χ1n) is 9.56. The Kier molecular flexibility index (Phi) is 4.90. The number of fused-ring (bicyclic) bond motifs is 1. The molecule has 0 atom stereocenters. The molecular weight excluding hydrogens is 364 g/mol. The summed E-state index contributed by atoms with van der Waals surface area (Å²) in [6.45, 7) is 5.95. The molecule has 8 nitrogen and oxygen atoms in total. The highest BCUT2D eigenvalue weighted by molar-refractivity contribution is 7.89. The van der Waals surface area contributed by atoms with E-state index in [1.165, 1.54) is 18.4 Å². The van der Waals surface area contributed by atoms with Gasteiger partial charge in [-0.1, -0.05) is 0 Å². The van der Waals surface area contributed by atoms with Gasteiger partial charge in [0.2, 0.25) is 0 Å². The van der Waals surface area contributed by atoms with Crippen molar-refractivity contribution in [1.82, 2.24) is 24.5 Å². The minimum absolute atomic E-state index is 0.0768. The molecule has 0 saturated carbocycles. The lowest BCUT2D eigenvalue weighted by Crippen LogP contribution is -2.52. The first kappa shape index (κ1) is 18.4. The van der Waals surface area contributed by atoms with Crippen LogP contribution in [0.3, 0.4) is 0 Å². The summed E-state index contributed by atoms with van der Waals surface area (Å²) < 4.78 is 29.3. The van der Waals surface area contributed by atoms with E-state index in [0.29, 0.717) is 6.54 Å². The Labute approximate surface area is 160 Å². The highest BCUT2D eigenvalue weighted by Crippen LogP contribution is 2.26. The maximum Gasteiger partial charge on any atom is 0.259 e. The molecule has 0 spiro atoms. The van der Waals surface area contributed by atoms with E-state index in [1.54, 1.807) is 17.1 Å². The average Bonchev–Trinajstić information content (AvgIpc) is 3.11. The van der Waals surface area contributed by atoms with Crippen molar-refractivity contribution < 1.29 is 8.42 Å². The molecule has 0 unspecified atom stereocenters. The molecule has 2 aliphatic rings. The molecule has 27 heavy (non-hydrogen) atoms. The van der Waals surface area contributed by atoms with Crippen LogP contribution in [0.2, 0.25) is 0 Å². The second-order valence-corrected chi connectivity index (χ2v) is 9.47. The zero-order valence-corrected chi connectivity index (χ0v) is 16.6. The lowest BCUT2D eigenvalue weighted by molar-refractivity contribution is 0.401.